The van der Waals surface area contributed by atoms with Crippen LogP contribution in [0.15, 0.2) is 54.6 Å². The molecule has 0 bridgehead atoms. The van der Waals surface area contributed by atoms with E-state index in [4.69, 9.17) is 0 Å². The predicted molar refractivity (Wildman–Crippen MR) is 72.8 cm³/mol. The van der Waals surface area contributed by atoms with E-state index in [9.17, 15) is 30.0 Å². The molecule has 0 aliphatic carbocycles. The molecule has 0 aromatic heterocycles. The molecule has 2 rings (SSSR count). The van der Waals surface area contributed by atoms with Crippen LogP contribution >= 0.6 is 0 Å². The normalized spacial score (nSPS) is 13.1. The number of para-hydroxylation sites is 1. The lowest BCUT2D eigenvalue weighted by atomic mass is 10.1. The molecule has 8 nitrogen and oxygen atoms in total. The lowest BCUT2D eigenvalue weighted by Gasteiger charge is -2.25. The molecule has 0 heterocycles. The summed E-state index contributed by atoms with van der Waals surface area (Å²) in [6.45, 7) is 0. The van der Waals surface area contributed by atoms with E-state index in [1.165, 1.54) is 36.4 Å². The number of nitro benzene ring substituents is 1. The van der Waals surface area contributed by atoms with Crippen LogP contribution in [0, 0.1) is 10.1 Å². The Morgan fingerprint density at radius 1 is 1.05 bits per heavy atom. The molecule has 0 saturated carbocycles. The quantitative estimate of drug-likeness (QED) is 0.396. The third kappa shape index (κ3) is 2.55. The number of non-ortho nitro benzene ring substituents is 1. The number of nitro groups is 1. The Labute approximate surface area is 124 Å². The van der Waals surface area contributed by atoms with Gasteiger partial charge in [-0.1, -0.05) is 24.3 Å². The number of hydrogen-bond donors (Lipinski definition) is 1. The molecule has 1 atom stereocenters. The molecule has 0 fully saturated rings. The van der Waals surface area contributed by atoms with Crippen LogP contribution in [0.4, 0.5) is 16.2 Å². The average Bonchev–Trinajstić information content (AvgIpc) is 2.54. The molecule has 0 saturated heterocycles. The molecule has 112 valence electrons. The highest BCUT2D eigenvalue weighted by Crippen LogP contribution is 2.24. The molecular formula is C14H10N2O6. The second-order valence-corrected chi connectivity index (χ2v) is 4.35. The monoisotopic (exact) mass is 302 g/mol. The lowest BCUT2D eigenvalue weighted by Crippen LogP contribution is -2.61. The van der Waals surface area contributed by atoms with Gasteiger partial charge in [-0.15, -0.1) is 0 Å². The van der Waals surface area contributed by atoms with Gasteiger partial charge in [0.1, 0.15) is 0 Å². The van der Waals surface area contributed by atoms with E-state index < -0.39 is 27.3 Å². The fourth-order valence-electron chi connectivity index (χ4n) is 1.89. The van der Waals surface area contributed by atoms with Crippen LogP contribution in [0.2, 0.25) is 0 Å². The van der Waals surface area contributed by atoms with Crippen molar-refractivity contribution in [2.24, 2.45) is 0 Å². The van der Waals surface area contributed by atoms with Gasteiger partial charge in [0.2, 0.25) is 0 Å². The number of rotatable bonds is 3. The zero-order valence-corrected chi connectivity index (χ0v) is 11.1. The van der Waals surface area contributed by atoms with Crippen LogP contribution in [0.1, 0.15) is 10.4 Å². The van der Waals surface area contributed by atoms with Crippen molar-refractivity contribution in [3.63, 3.8) is 0 Å². The average molecular weight is 302 g/mol. The fourth-order valence-corrected chi connectivity index (χ4v) is 1.89. The third-order valence-electron chi connectivity index (χ3n) is 2.99. The Balaban J connectivity index is 2.55. The Bertz CT molecular complexity index is 746. The SMILES string of the molecule is O=C([O-])[N+](O)(C(=O)c1cccc([N+](=O)[O-])c1)c1ccccc1. The van der Waals surface area contributed by atoms with E-state index in [0.29, 0.717) is 0 Å². The zero-order chi connectivity index (χ0) is 16.3. The molecule has 0 spiro atoms. The number of quaternary nitrogens is 1. The van der Waals surface area contributed by atoms with Crippen molar-refractivity contribution in [1.29, 1.82) is 0 Å². The first kappa shape index (κ1) is 15.3. The van der Waals surface area contributed by atoms with Gasteiger partial charge in [-0.3, -0.25) is 10.1 Å². The molecule has 0 aliphatic rings. The minimum absolute atomic E-state index is 0.251. The minimum atomic E-state index is -2.14. The summed E-state index contributed by atoms with van der Waals surface area (Å²) in [4.78, 5) is 33.7. The molecule has 2 aromatic rings. The summed E-state index contributed by atoms with van der Waals surface area (Å²) in [6.07, 6.45) is -2.07. The van der Waals surface area contributed by atoms with Crippen LogP contribution in [0.25, 0.3) is 0 Å². The van der Waals surface area contributed by atoms with Gasteiger partial charge >= 0.3 is 12.0 Å². The Morgan fingerprint density at radius 3 is 2.23 bits per heavy atom. The molecule has 1 unspecified atom stereocenters. The van der Waals surface area contributed by atoms with E-state index >= 15 is 0 Å². The Hall–Kier alpha value is -3.10. The molecule has 1 N–H and O–H groups in total. The largest absolute Gasteiger partial charge is 0.495 e. The van der Waals surface area contributed by atoms with Gasteiger partial charge in [0.25, 0.3) is 5.69 Å². The number of hydrogen-bond acceptors (Lipinski definition) is 6. The smallest absolute Gasteiger partial charge is 0.389 e. The van der Waals surface area contributed by atoms with Crippen molar-refractivity contribution in [2.75, 3.05) is 0 Å². The summed E-state index contributed by atoms with van der Waals surface area (Å²) in [7, 11) is 0. The zero-order valence-electron chi connectivity index (χ0n) is 11.1. The summed E-state index contributed by atoms with van der Waals surface area (Å²) in [5.74, 6) is -1.27. The highest BCUT2D eigenvalue weighted by Gasteiger charge is 2.43. The molecule has 2 amide bonds. The molecule has 0 aliphatic heterocycles. The van der Waals surface area contributed by atoms with Crippen molar-refractivity contribution >= 4 is 23.4 Å². The second kappa shape index (κ2) is 5.72. The van der Waals surface area contributed by atoms with E-state index in [1.54, 1.807) is 6.07 Å². The number of nitrogens with zero attached hydrogens (tertiary/aromatic N) is 2. The summed E-state index contributed by atoms with van der Waals surface area (Å²) >= 11 is 0. The van der Waals surface area contributed by atoms with Crippen LogP contribution in [-0.2, 0) is 0 Å². The molecule has 2 aromatic carbocycles. The van der Waals surface area contributed by atoms with Gasteiger partial charge in [-0.05, 0) is 10.7 Å². The number of carbonyl (C=O) groups excluding carboxylic acids is 2. The maximum Gasteiger partial charge on any atom is 0.389 e. The van der Waals surface area contributed by atoms with Gasteiger partial charge in [0.05, 0.1) is 10.5 Å². The highest BCUT2D eigenvalue weighted by atomic mass is 16.6. The Kier molecular flexibility index (Phi) is 3.97. The molecule has 22 heavy (non-hydrogen) atoms. The maximum atomic E-state index is 12.4. The number of benzene rings is 2. The van der Waals surface area contributed by atoms with E-state index in [2.05, 4.69) is 0 Å². The van der Waals surface area contributed by atoms with Gasteiger partial charge in [0.15, 0.2) is 5.69 Å². The van der Waals surface area contributed by atoms with Crippen LogP contribution < -0.4 is 9.75 Å². The first-order valence-corrected chi connectivity index (χ1v) is 6.05. The first-order valence-electron chi connectivity index (χ1n) is 6.05. The number of carboxylic acid groups (broad SMARTS) is 1. The highest BCUT2D eigenvalue weighted by molar-refractivity contribution is 6.11. The van der Waals surface area contributed by atoms with Crippen LogP contribution in [0.5, 0.6) is 0 Å². The van der Waals surface area contributed by atoms with Crippen molar-refractivity contribution in [2.45, 2.75) is 0 Å². The van der Waals surface area contributed by atoms with Crippen LogP contribution in [0.3, 0.4) is 0 Å². The van der Waals surface area contributed by atoms with E-state index in [1.807, 2.05) is 0 Å². The van der Waals surface area contributed by atoms with Crippen molar-refractivity contribution in [3.8, 4) is 0 Å². The summed E-state index contributed by atoms with van der Waals surface area (Å²) in [5.41, 5.74) is -0.979. The van der Waals surface area contributed by atoms with Crippen molar-refractivity contribution < 1.29 is 24.8 Å². The van der Waals surface area contributed by atoms with Crippen LogP contribution in [-0.4, -0.2) is 22.1 Å². The van der Waals surface area contributed by atoms with Crippen molar-refractivity contribution in [1.82, 2.24) is 4.65 Å². The standard InChI is InChI=1S/C14H10N2O6/c17-13(10-5-4-6-11(9-10)15(20)21)16(22,14(18)19)12-7-2-1-3-8-12/h1-9,22H. The third-order valence-corrected chi connectivity index (χ3v) is 2.99. The predicted octanol–water partition coefficient (Wildman–Crippen LogP) is 1.47. The summed E-state index contributed by atoms with van der Waals surface area (Å²) < 4.78 is -2.14. The number of imide groups is 1. The van der Waals surface area contributed by atoms with Crippen molar-refractivity contribution in [3.05, 3.63) is 70.3 Å². The molecule has 0 radical (unpaired) electrons. The number of hydroxylamine groups is 2. The van der Waals surface area contributed by atoms with E-state index in [0.717, 1.165) is 12.1 Å². The van der Waals surface area contributed by atoms with Gasteiger partial charge in [0, 0.05) is 24.3 Å². The second-order valence-electron chi connectivity index (χ2n) is 4.35. The Morgan fingerprint density at radius 2 is 1.68 bits per heavy atom. The number of amides is 2. The first-order chi connectivity index (χ1) is 10.4. The van der Waals surface area contributed by atoms with Gasteiger partial charge in [-0.2, -0.15) is 5.21 Å². The minimum Gasteiger partial charge on any atom is -0.495 e. The lowest BCUT2D eigenvalue weighted by molar-refractivity contribution is -0.384. The summed E-state index contributed by atoms with van der Waals surface area (Å²) in [6, 6.07) is 11.3. The fraction of sp³-hybridized carbons (Fsp3) is 0. The molecular weight excluding hydrogens is 292 g/mol. The molecule has 8 heteroatoms. The maximum absolute atomic E-state index is 12.4. The van der Waals surface area contributed by atoms with Gasteiger partial charge in [-0.25, -0.2) is 4.79 Å². The number of carbonyl (C=O) groups is 2. The van der Waals surface area contributed by atoms with Gasteiger partial charge < -0.3 is 9.90 Å². The summed E-state index contributed by atoms with van der Waals surface area (Å²) in [5, 5.41) is 32.3. The topological polar surface area (TPSA) is 121 Å². The van der Waals surface area contributed by atoms with E-state index in [-0.39, 0.29) is 11.3 Å².